The zero-order valence-corrected chi connectivity index (χ0v) is 22.4. The van der Waals surface area contributed by atoms with Gasteiger partial charge in [-0.3, -0.25) is 4.79 Å². The van der Waals surface area contributed by atoms with Gasteiger partial charge in [-0.15, -0.1) is 0 Å². The summed E-state index contributed by atoms with van der Waals surface area (Å²) in [5.41, 5.74) is 10.3. The molecule has 40 heavy (non-hydrogen) atoms. The molecule has 0 unspecified atom stereocenters. The second kappa shape index (κ2) is 13.4. The predicted octanol–water partition coefficient (Wildman–Crippen LogP) is 4.48. The zero-order chi connectivity index (χ0) is 28.4. The van der Waals surface area contributed by atoms with E-state index in [-0.39, 0.29) is 32.1 Å². The molecule has 4 rings (SSSR count). The molecule has 3 aromatic carbocycles. The number of aliphatic imine (C=N–C) groups is 1. The monoisotopic (exact) mass is 545 g/mol. The lowest BCUT2D eigenvalue weighted by Gasteiger charge is -2.24. The minimum Gasteiger partial charge on any atom is -0.497 e. The van der Waals surface area contributed by atoms with Crippen molar-refractivity contribution in [2.24, 2.45) is 10.1 Å². The van der Waals surface area contributed by atoms with Crippen LogP contribution in [0.1, 0.15) is 23.1 Å². The number of carbonyl (C=O) groups is 1. The molecule has 0 radical (unpaired) electrons. The third kappa shape index (κ3) is 6.63. The number of rotatable bonds is 13. The van der Waals surface area contributed by atoms with Crippen LogP contribution in [-0.4, -0.2) is 56.5 Å². The molecule has 0 saturated heterocycles. The maximum atomic E-state index is 13.8. The highest BCUT2D eigenvalue weighted by Crippen LogP contribution is 2.32. The molecule has 2 N–H and O–H groups in total. The molecule has 11 nitrogen and oxygen atoms in total. The average molecular weight is 546 g/mol. The number of benzene rings is 3. The molecule has 0 fully saturated rings. The fourth-order valence-electron chi connectivity index (χ4n) is 4.29. The van der Waals surface area contributed by atoms with E-state index >= 15 is 0 Å². The van der Waals surface area contributed by atoms with Gasteiger partial charge in [0.2, 0.25) is 5.90 Å². The molecule has 1 aliphatic heterocycles. The van der Waals surface area contributed by atoms with Gasteiger partial charge in [-0.1, -0.05) is 29.4 Å². The van der Waals surface area contributed by atoms with Crippen LogP contribution in [0.3, 0.4) is 0 Å². The smallest absolute Gasteiger partial charge is 0.252 e. The lowest BCUT2D eigenvalue weighted by Crippen LogP contribution is -2.48. The molecule has 1 aliphatic rings. The van der Waals surface area contributed by atoms with Gasteiger partial charge in [-0.05, 0) is 47.5 Å². The largest absolute Gasteiger partial charge is 0.497 e. The standard InChI is InChI=1S/C29H31N5O6/c1-37-24-13-10-22(26(16-24)38-2)18-31-28(36)29(17-21-6-3-4-7-25(21)33-34-30)19-40-27(32-29)20-8-11-23(12-9-20)39-15-5-14-35/h3-4,6-13,16,35H,5,14-15,17-19H2,1-2H3,(H,31,36)/t29-/m1/s1. The first-order valence-electron chi connectivity index (χ1n) is 12.7. The lowest BCUT2D eigenvalue weighted by molar-refractivity contribution is -0.126. The van der Waals surface area contributed by atoms with Crippen molar-refractivity contribution in [2.45, 2.75) is 24.9 Å². The van der Waals surface area contributed by atoms with E-state index in [0.29, 0.717) is 53.0 Å². The Labute approximate surface area is 232 Å². The molecule has 3 aromatic rings. The number of aliphatic hydroxyl groups is 1. The van der Waals surface area contributed by atoms with Crippen LogP contribution in [0, 0.1) is 0 Å². The number of amides is 1. The number of aliphatic hydroxyl groups excluding tert-OH is 1. The van der Waals surface area contributed by atoms with Crippen LogP contribution in [-0.2, 0) is 22.5 Å². The summed E-state index contributed by atoms with van der Waals surface area (Å²) < 4.78 is 22.3. The van der Waals surface area contributed by atoms with Crippen LogP contribution in [0.2, 0.25) is 0 Å². The van der Waals surface area contributed by atoms with Crippen LogP contribution in [0.25, 0.3) is 10.4 Å². The molecule has 1 amide bonds. The highest BCUT2D eigenvalue weighted by Gasteiger charge is 2.44. The lowest BCUT2D eigenvalue weighted by atomic mass is 9.90. The van der Waals surface area contributed by atoms with E-state index in [1.165, 1.54) is 0 Å². The van der Waals surface area contributed by atoms with Crippen molar-refractivity contribution in [3.8, 4) is 17.2 Å². The molecule has 0 bridgehead atoms. The molecule has 0 aromatic heterocycles. The van der Waals surface area contributed by atoms with Crippen LogP contribution in [0.5, 0.6) is 17.2 Å². The Bertz CT molecular complexity index is 1400. The molecular weight excluding hydrogens is 514 g/mol. The van der Waals surface area contributed by atoms with Crippen LogP contribution < -0.4 is 19.5 Å². The number of hydrogen-bond donors (Lipinski definition) is 2. The van der Waals surface area contributed by atoms with Crippen molar-refractivity contribution in [1.82, 2.24) is 5.32 Å². The fraction of sp³-hybridized carbons (Fsp3) is 0.310. The summed E-state index contributed by atoms with van der Waals surface area (Å²) in [4.78, 5) is 21.5. The topological polar surface area (TPSA) is 147 Å². The highest BCUT2D eigenvalue weighted by molar-refractivity contribution is 6.00. The first kappa shape index (κ1) is 28.3. The van der Waals surface area contributed by atoms with Crippen molar-refractivity contribution in [1.29, 1.82) is 0 Å². The van der Waals surface area contributed by atoms with E-state index in [9.17, 15) is 4.79 Å². The number of ether oxygens (including phenoxy) is 4. The number of nitrogens with one attached hydrogen (secondary N) is 1. The first-order valence-corrected chi connectivity index (χ1v) is 12.7. The van der Waals surface area contributed by atoms with Gasteiger partial charge in [0.05, 0.1) is 20.8 Å². The van der Waals surface area contributed by atoms with Gasteiger partial charge >= 0.3 is 0 Å². The SMILES string of the molecule is COc1ccc(CNC(=O)[C@@]2(Cc3ccccc3N=[N+]=[N-])COC(c3ccc(OCCCO)cc3)=N2)c(OC)c1. The minimum atomic E-state index is -1.31. The molecule has 0 aliphatic carbocycles. The maximum Gasteiger partial charge on any atom is 0.252 e. The predicted molar refractivity (Wildman–Crippen MR) is 149 cm³/mol. The summed E-state index contributed by atoms with van der Waals surface area (Å²) in [7, 11) is 3.13. The Morgan fingerprint density at radius 1 is 1.10 bits per heavy atom. The summed E-state index contributed by atoms with van der Waals surface area (Å²) in [6.07, 6.45) is 0.689. The first-order chi connectivity index (χ1) is 19.5. The van der Waals surface area contributed by atoms with Gasteiger partial charge in [0, 0.05) is 53.8 Å². The van der Waals surface area contributed by atoms with Crippen molar-refractivity contribution in [2.75, 3.05) is 34.0 Å². The Kier molecular flexibility index (Phi) is 9.45. The minimum absolute atomic E-state index is 0.00668. The van der Waals surface area contributed by atoms with Gasteiger partial charge in [0.25, 0.3) is 5.91 Å². The summed E-state index contributed by atoms with van der Waals surface area (Å²) >= 11 is 0. The van der Waals surface area contributed by atoms with Crippen LogP contribution in [0.15, 0.2) is 76.8 Å². The number of nitrogens with zero attached hydrogens (tertiary/aromatic N) is 4. The second-order valence-electron chi connectivity index (χ2n) is 9.04. The number of methoxy groups -OCH3 is 2. The van der Waals surface area contributed by atoms with Crippen LogP contribution >= 0.6 is 0 Å². The van der Waals surface area contributed by atoms with Gasteiger partial charge < -0.3 is 29.4 Å². The number of azide groups is 1. The van der Waals surface area contributed by atoms with Gasteiger partial charge in [0.1, 0.15) is 23.9 Å². The van der Waals surface area contributed by atoms with Crippen LogP contribution in [0.4, 0.5) is 5.69 Å². The molecule has 0 saturated carbocycles. The van der Waals surface area contributed by atoms with Gasteiger partial charge in [0.15, 0.2) is 5.54 Å². The van der Waals surface area contributed by atoms with Gasteiger partial charge in [-0.25, -0.2) is 4.99 Å². The molecule has 1 atom stereocenters. The van der Waals surface area contributed by atoms with Crippen molar-refractivity contribution >= 4 is 17.5 Å². The van der Waals surface area contributed by atoms with E-state index < -0.39 is 5.54 Å². The molecular formula is C29H31N5O6. The zero-order valence-electron chi connectivity index (χ0n) is 22.4. The Morgan fingerprint density at radius 2 is 1.88 bits per heavy atom. The van der Waals surface area contributed by atoms with E-state index in [2.05, 4.69) is 15.3 Å². The fourth-order valence-corrected chi connectivity index (χ4v) is 4.29. The quantitative estimate of drug-likeness (QED) is 0.140. The molecule has 0 spiro atoms. The number of carbonyl (C=O) groups excluding carboxylic acids is 1. The van der Waals surface area contributed by atoms with E-state index in [4.69, 9.17) is 34.6 Å². The maximum absolute atomic E-state index is 13.8. The molecule has 208 valence electrons. The molecule has 11 heteroatoms. The normalized spacial score (nSPS) is 15.8. The Hall–Kier alpha value is -4.73. The third-order valence-corrected chi connectivity index (χ3v) is 6.42. The van der Waals surface area contributed by atoms with E-state index in [1.54, 1.807) is 68.8 Å². The third-order valence-electron chi connectivity index (χ3n) is 6.42. The second-order valence-corrected chi connectivity index (χ2v) is 9.04. The summed E-state index contributed by atoms with van der Waals surface area (Å²) in [5.74, 6) is 1.84. The summed E-state index contributed by atoms with van der Waals surface area (Å²) in [6.45, 7) is 0.644. The summed E-state index contributed by atoms with van der Waals surface area (Å²) in [5, 5.41) is 15.7. The van der Waals surface area contributed by atoms with E-state index in [0.717, 1.165) is 5.56 Å². The summed E-state index contributed by atoms with van der Waals surface area (Å²) in [6, 6.07) is 19.6. The Morgan fingerprint density at radius 3 is 2.60 bits per heavy atom. The van der Waals surface area contributed by atoms with Crippen molar-refractivity contribution in [3.05, 3.63) is 93.9 Å². The number of hydrogen-bond acceptors (Lipinski definition) is 8. The van der Waals surface area contributed by atoms with Crippen molar-refractivity contribution < 1.29 is 28.8 Å². The highest BCUT2D eigenvalue weighted by atomic mass is 16.5. The van der Waals surface area contributed by atoms with Crippen molar-refractivity contribution in [3.63, 3.8) is 0 Å². The molecule has 1 heterocycles. The van der Waals surface area contributed by atoms with E-state index in [1.807, 2.05) is 12.1 Å². The Balaban J connectivity index is 1.62. The average Bonchev–Trinajstić information content (AvgIpc) is 3.42. The van der Waals surface area contributed by atoms with Gasteiger partial charge in [-0.2, -0.15) is 0 Å².